The molecule has 2 aliphatic rings. The molecule has 5 rings (SSSR count). The zero-order valence-electron chi connectivity index (χ0n) is 24.1. The van der Waals surface area contributed by atoms with Gasteiger partial charge in [-0.2, -0.15) is 0 Å². The number of aryl methyl sites for hydroxylation is 1. The maximum Gasteiger partial charge on any atom is 0.227 e. The van der Waals surface area contributed by atoms with Gasteiger partial charge in [0.1, 0.15) is 5.75 Å². The average molecular weight is 537 g/mol. The molecule has 1 heterocycles. The van der Waals surface area contributed by atoms with Crippen LogP contribution < -0.4 is 15.0 Å². The molecule has 3 aromatic carbocycles. The summed E-state index contributed by atoms with van der Waals surface area (Å²) in [5, 5.41) is 3.63. The molecule has 40 heavy (non-hydrogen) atoms. The number of fused-ring (bicyclic) bond motifs is 1. The first-order valence-corrected chi connectivity index (χ1v) is 14.6. The molecule has 2 atom stereocenters. The highest BCUT2D eigenvalue weighted by molar-refractivity contribution is 6.06. The highest BCUT2D eigenvalue weighted by Crippen LogP contribution is 2.47. The second-order valence-corrected chi connectivity index (χ2v) is 11.3. The first-order chi connectivity index (χ1) is 19.4. The molecule has 208 valence electrons. The van der Waals surface area contributed by atoms with Crippen LogP contribution in [0.3, 0.4) is 0 Å². The minimum atomic E-state index is -0.514. The number of hydrogen-bond donors (Lipinski definition) is 1. The van der Waals surface area contributed by atoms with Crippen LogP contribution in [-0.2, 0) is 9.59 Å². The molecule has 0 bridgehead atoms. The maximum absolute atomic E-state index is 14.1. The van der Waals surface area contributed by atoms with Crippen LogP contribution in [0.5, 0.6) is 5.75 Å². The lowest BCUT2D eigenvalue weighted by atomic mass is 9.78. The number of ether oxygens (including phenoxy) is 1. The molecule has 0 saturated carbocycles. The predicted molar refractivity (Wildman–Crippen MR) is 162 cm³/mol. The quantitative estimate of drug-likeness (QED) is 0.294. The molecule has 1 aliphatic heterocycles. The summed E-state index contributed by atoms with van der Waals surface area (Å²) in [6.45, 7) is 8.22. The fourth-order valence-corrected chi connectivity index (χ4v) is 5.90. The van der Waals surface area contributed by atoms with Gasteiger partial charge in [0.15, 0.2) is 5.78 Å². The smallest absolute Gasteiger partial charge is 0.227 e. The molecule has 3 aromatic rings. The Bertz CT molecular complexity index is 1390. The Balaban J connectivity index is 1.63. The van der Waals surface area contributed by atoms with Gasteiger partial charge in [-0.25, -0.2) is 0 Å². The summed E-state index contributed by atoms with van der Waals surface area (Å²) in [6.07, 6.45) is 4.49. The summed E-state index contributed by atoms with van der Waals surface area (Å²) in [7, 11) is 0. The second kappa shape index (κ2) is 12.1. The average Bonchev–Trinajstić information content (AvgIpc) is 3.08. The standard InChI is InChI=1S/C35H40N2O3/c1-5-6-7-12-33(39)37-31-11-9-8-10-29(31)36-30-21-27(25-15-13-24(4)14-16-25)22-32(38)34(30)35(37)26-17-19-28(20-18-26)40-23(2)3/h8-11,13-20,23,27,35-36H,5-7,12,21-22H2,1-4H3/t27-,35+/m0/s1. The summed E-state index contributed by atoms with van der Waals surface area (Å²) >= 11 is 0. The van der Waals surface area contributed by atoms with Gasteiger partial charge in [-0.3, -0.25) is 14.5 Å². The Labute approximate surface area is 238 Å². The first-order valence-electron chi connectivity index (χ1n) is 14.6. The molecule has 0 aromatic heterocycles. The molecular formula is C35H40N2O3. The van der Waals surface area contributed by atoms with Crippen molar-refractivity contribution in [2.24, 2.45) is 0 Å². The molecule has 1 aliphatic carbocycles. The van der Waals surface area contributed by atoms with Crippen molar-refractivity contribution in [2.75, 3.05) is 10.2 Å². The van der Waals surface area contributed by atoms with E-state index in [-0.39, 0.29) is 23.7 Å². The van der Waals surface area contributed by atoms with Crippen LogP contribution >= 0.6 is 0 Å². The number of amides is 1. The van der Waals surface area contributed by atoms with Crippen LogP contribution in [0.25, 0.3) is 0 Å². The van der Waals surface area contributed by atoms with Crippen molar-refractivity contribution in [3.8, 4) is 5.75 Å². The second-order valence-electron chi connectivity index (χ2n) is 11.3. The monoisotopic (exact) mass is 536 g/mol. The summed E-state index contributed by atoms with van der Waals surface area (Å²) in [4.78, 5) is 30.0. The number of unbranched alkanes of at least 4 members (excludes halogenated alkanes) is 2. The normalized spacial score (nSPS) is 18.6. The Morgan fingerprint density at radius 1 is 0.950 bits per heavy atom. The molecule has 5 nitrogen and oxygen atoms in total. The maximum atomic E-state index is 14.1. The lowest BCUT2D eigenvalue weighted by molar-refractivity contribution is -0.119. The molecule has 0 saturated heterocycles. The van der Waals surface area contributed by atoms with E-state index in [1.165, 1.54) is 11.1 Å². The van der Waals surface area contributed by atoms with Crippen molar-refractivity contribution in [3.05, 3.63) is 101 Å². The summed E-state index contributed by atoms with van der Waals surface area (Å²) in [6, 6.07) is 23.8. The van der Waals surface area contributed by atoms with Crippen molar-refractivity contribution >= 4 is 23.1 Å². The van der Waals surface area contributed by atoms with Gasteiger partial charge in [0.2, 0.25) is 5.91 Å². The first kappa shape index (κ1) is 27.7. The minimum absolute atomic E-state index is 0.0393. The van der Waals surface area contributed by atoms with E-state index in [1.54, 1.807) is 0 Å². The summed E-state index contributed by atoms with van der Waals surface area (Å²) < 4.78 is 5.90. The minimum Gasteiger partial charge on any atom is -0.491 e. The Kier molecular flexibility index (Phi) is 8.39. The number of Topliss-reactive ketones (excluding diaryl/α,β-unsaturated/α-hetero) is 1. The Morgan fingerprint density at radius 3 is 2.35 bits per heavy atom. The molecule has 1 amide bonds. The van der Waals surface area contributed by atoms with Crippen LogP contribution in [0.4, 0.5) is 11.4 Å². The van der Waals surface area contributed by atoms with Crippen LogP contribution in [0.15, 0.2) is 84.1 Å². The van der Waals surface area contributed by atoms with Gasteiger partial charge < -0.3 is 10.1 Å². The summed E-state index contributed by atoms with van der Waals surface area (Å²) in [5.74, 6) is 0.986. The number of benzene rings is 3. The lowest BCUT2D eigenvalue weighted by Crippen LogP contribution is -2.38. The van der Waals surface area contributed by atoms with Crippen molar-refractivity contribution in [1.29, 1.82) is 0 Å². The van der Waals surface area contributed by atoms with E-state index in [0.717, 1.165) is 47.6 Å². The van der Waals surface area contributed by atoms with Crippen LogP contribution in [-0.4, -0.2) is 17.8 Å². The summed E-state index contributed by atoms with van der Waals surface area (Å²) in [5.41, 5.74) is 6.56. The third-order valence-corrected chi connectivity index (χ3v) is 7.87. The number of carbonyl (C=O) groups is 2. The molecule has 1 N–H and O–H groups in total. The molecular weight excluding hydrogens is 496 g/mol. The topological polar surface area (TPSA) is 58.6 Å². The number of nitrogens with one attached hydrogen (secondary N) is 1. The predicted octanol–water partition coefficient (Wildman–Crippen LogP) is 8.26. The molecule has 0 spiro atoms. The number of nitrogens with zero attached hydrogens (tertiary/aromatic N) is 1. The van der Waals surface area contributed by atoms with Gasteiger partial charge >= 0.3 is 0 Å². The van der Waals surface area contributed by atoms with Crippen molar-refractivity contribution in [1.82, 2.24) is 0 Å². The van der Waals surface area contributed by atoms with Crippen LogP contribution in [0, 0.1) is 6.92 Å². The van der Waals surface area contributed by atoms with E-state index < -0.39 is 6.04 Å². The van der Waals surface area contributed by atoms with Crippen LogP contribution in [0.2, 0.25) is 0 Å². The fourth-order valence-electron chi connectivity index (χ4n) is 5.90. The number of anilines is 2. The number of allylic oxidation sites excluding steroid dienone is 1. The van der Waals surface area contributed by atoms with Gasteiger partial charge in [0.05, 0.1) is 23.5 Å². The molecule has 0 radical (unpaired) electrons. The zero-order chi connectivity index (χ0) is 28.2. The van der Waals surface area contributed by atoms with Gasteiger partial charge in [0, 0.05) is 24.1 Å². The zero-order valence-corrected chi connectivity index (χ0v) is 24.1. The van der Waals surface area contributed by atoms with Crippen molar-refractivity contribution < 1.29 is 14.3 Å². The Morgan fingerprint density at radius 2 is 1.65 bits per heavy atom. The molecule has 5 heteroatoms. The number of rotatable bonds is 8. The van der Waals surface area contributed by atoms with Crippen molar-refractivity contribution in [2.45, 2.75) is 84.3 Å². The lowest BCUT2D eigenvalue weighted by Gasteiger charge is -2.35. The third-order valence-electron chi connectivity index (χ3n) is 7.87. The number of carbonyl (C=O) groups excluding carboxylic acids is 2. The highest BCUT2D eigenvalue weighted by Gasteiger charge is 2.41. The molecule has 0 fully saturated rings. The van der Waals surface area contributed by atoms with E-state index in [1.807, 2.05) is 67.3 Å². The van der Waals surface area contributed by atoms with Gasteiger partial charge in [-0.1, -0.05) is 73.9 Å². The third kappa shape index (κ3) is 5.84. The SMILES string of the molecule is CCCCCC(=O)N1c2ccccc2NC2=C(C(=O)C[C@@H](c3ccc(C)cc3)C2)[C@H]1c1ccc(OC(C)C)cc1. The van der Waals surface area contributed by atoms with E-state index in [2.05, 4.69) is 43.4 Å². The van der Waals surface area contributed by atoms with Gasteiger partial charge in [0.25, 0.3) is 0 Å². The highest BCUT2D eigenvalue weighted by atomic mass is 16.5. The fraction of sp³-hybridized carbons (Fsp3) is 0.371. The van der Waals surface area contributed by atoms with E-state index >= 15 is 0 Å². The molecule has 0 unspecified atom stereocenters. The van der Waals surface area contributed by atoms with Gasteiger partial charge in [-0.15, -0.1) is 0 Å². The van der Waals surface area contributed by atoms with Crippen molar-refractivity contribution in [3.63, 3.8) is 0 Å². The van der Waals surface area contributed by atoms with Crippen LogP contribution in [0.1, 0.15) is 87.9 Å². The van der Waals surface area contributed by atoms with Gasteiger partial charge in [-0.05, 0) is 74.9 Å². The van der Waals surface area contributed by atoms with E-state index in [9.17, 15) is 9.59 Å². The number of hydrogen-bond acceptors (Lipinski definition) is 4. The number of para-hydroxylation sites is 2. The Hall–Kier alpha value is -3.86. The largest absolute Gasteiger partial charge is 0.491 e. The van der Waals surface area contributed by atoms with E-state index in [4.69, 9.17) is 4.74 Å². The van der Waals surface area contributed by atoms with E-state index in [0.29, 0.717) is 24.8 Å². The number of ketones is 1.